The molecule has 2 heterocycles. The third-order valence-electron chi connectivity index (χ3n) is 4.01. The van der Waals surface area contributed by atoms with E-state index in [4.69, 9.17) is 16.0 Å². The SMILES string of the molecule is O=C(CCSc1nnc(-c2ccccc2Cl)o1)N1CCCCCC1. The number of benzene rings is 1. The Kier molecular flexibility index (Phi) is 6.15. The van der Waals surface area contributed by atoms with Crippen molar-refractivity contribution in [3.8, 4) is 11.5 Å². The molecule has 3 rings (SSSR count). The normalized spacial score (nSPS) is 15.3. The second-order valence-electron chi connectivity index (χ2n) is 5.75. The minimum absolute atomic E-state index is 0.218. The molecule has 1 aliphatic heterocycles. The molecule has 0 aliphatic carbocycles. The highest BCUT2D eigenvalue weighted by atomic mass is 35.5. The number of hydrogen-bond donors (Lipinski definition) is 0. The van der Waals surface area contributed by atoms with E-state index in [2.05, 4.69) is 10.2 Å². The molecule has 1 fully saturated rings. The number of likely N-dealkylation sites (tertiary alicyclic amines) is 1. The van der Waals surface area contributed by atoms with Crippen LogP contribution in [0, 0.1) is 0 Å². The molecule has 0 radical (unpaired) electrons. The molecule has 5 nitrogen and oxygen atoms in total. The number of carbonyl (C=O) groups is 1. The first-order valence-corrected chi connectivity index (χ1v) is 9.59. The highest BCUT2D eigenvalue weighted by Crippen LogP contribution is 2.28. The summed E-state index contributed by atoms with van der Waals surface area (Å²) in [5.74, 6) is 1.26. The van der Waals surface area contributed by atoms with Gasteiger partial charge in [-0.1, -0.05) is 48.3 Å². The van der Waals surface area contributed by atoms with Crippen LogP contribution in [0.15, 0.2) is 33.9 Å². The van der Waals surface area contributed by atoms with E-state index in [1.807, 2.05) is 23.1 Å². The number of aromatic nitrogens is 2. The Morgan fingerprint density at radius 1 is 1.17 bits per heavy atom. The van der Waals surface area contributed by atoms with Gasteiger partial charge in [0.1, 0.15) is 0 Å². The zero-order valence-electron chi connectivity index (χ0n) is 13.4. The number of halogens is 1. The molecule has 24 heavy (non-hydrogen) atoms. The molecule has 0 N–H and O–H groups in total. The molecular formula is C17H20ClN3O2S. The number of amides is 1. The fourth-order valence-electron chi connectivity index (χ4n) is 2.72. The van der Waals surface area contributed by atoms with Crippen LogP contribution in [0.4, 0.5) is 0 Å². The first-order chi connectivity index (χ1) is 11.7. The zero-order chi connectivity index (χ0) is 16.8. The molecule has 7 heteroatoms. The molecule has 1 aromatic heterocycles. The minimum atomic E-state index is 0.218. The summed E-state index contributed by atoms with van der Waals surface area (Å²) in [5, 5.41) is 9.09. The summed E-state index contributed by atoms with van der Waals surface area (Å²) in [7, 11) is 0. The molecule has 0 unspecified atom stereocenters. The fraction of sp³-hybridized carbons (Fsp3) is 0.471. The standard InChI is InChI=1S/C17H20ClN3O2S/c18-14-8-4-3-7-13(14)16-19-20-17(23-16)24-12-9-15(22)21-10-5-1-2-6-11-21/h3-4,7-8H,1-2,5-6,9-12H2. The number of rotatable bonds is 5. The van der Waals surface area contributed by atoms with Crippen LogP contribution < -0.4 is 0 Å². The second kappa shape index (κ2) is 8.53. The Balaban J connectivity index is 1.50. The quantitative estimate of drug-likeness (QED) is 0.740. The summed E-state index contributed by atoms with van der Waals surface area (Å²) in [5.41, 5.74) is 0.721. The van der Waals surface area contributed by atoms with Gasteiger partial charge in [0.15, 0.2) is 0 Å². The Hall–Kier alpha value is -1.53. The maximum atomic E-state index is 12.2. The van der Waals surface area contributed by atoms with Gasteiger partial charge in [0.2, 0.25) is 11.8 Å². The van der Waals surface area contributed by atoms with Crippen LogP contribution >= 0.6 is 23.4 Å². The lowest BCUT2D eigenvalue weighted by atomic mass is 10.2. The lowest BCUT2D eigenvalue weighted by Crippen LogP contribution is -2.31. The summed E-state index contributed by atoms with van der Waals surface area (Å²) >= 11 is 7.54. The molecule has 1 saturated heterocycles. The van der Waals surface area contributed by atoms with Crippen LogP contribution in [-0.2, 0) is 4.79 Å². The molecular weight excluding hydrogens is 346 g/mol. The molecule has 1 aromatic carbocycles. The molecule has 1 aliphatic rings. The van der Waals surface area contributed by atoms with Gasteiger partial charge < -0.3 is 9.32 Å². The number of nitrogens with zero attached hydrogens (tertiary/aromatic N) is 3. The number of thioether (sulfide) groups is 1. The van der Waals surface area contributed by atoms with E-state index in [9.17, 15) is 4.79 Å². The molecule has 0 spiro atoms. The molecule has 1 amide bonds. The monoisotopic (exact) mass is 365 g/mol. The third-order valence-corrected chi connectivity index (χ3v) is 5.16. The van der Waals surface area contributed by atoms with Crippen molar-refractivity contribution in [2.75, 3.05) is 18.8 Å². The van der Waals surface area contributed by atoms with Gasteiger partial charge in [-0.2, -0.15) is 0 Å². The first kappa shape index (κ1) is 17.3. The van der Waals surface area contributed by atoms with Crippen LogP contribution in [0.2, 0.25) is 5.02 Å². The van der Waals surface area contributed by atoms with Crippen LogP contribution in [0.3, 0.4) is 0 Å². The molecule has 0 bridgehead atoms. The Bertz CT molecular complexity index is 684. The Labute approximate surface area is 150 Å². The van der Waals surface area contributed by atoms with Crippen molar-refractivity contribution < 1.29 is 9.21 Å². The van der Waals surface area contributed by atoms with Crippen LogP contribution in [0.25, 0.3) is 11.5 Å². The van der Waals surface area contributed by atoms with Crippen molar-refractivity contribution in [2.24, 2.45) is 0 Å². The van der Waals surface area contributed by atoms with Gasteiger partial charge in [-0.15, -0.1) is 10.2 Å². The zero-order valence-corrected chi connectivity index (χ0v) is 15.0. The van der Waals surface area contributed by atoms with Crippen LogP contribution in [-0.4, -0.2) is 39.8 Å². The van der Waals surface area contributed by atoms with E-state index in [0.29, 0.717) is 28.3 Å². The maximum absolute atomic E-state index is 12.2. The lowest BCUT2D eigenvalue weighted by Gasteiger charge is -2.19. The van der Waals surface area contributed by atoms with Crippen LogP contribution in [0.5, 0.6) is 0 Å². The highest BCUT2D eigenvalue weighted by Gasteiger charge is 2.16. The van der Waals surface area contributed by atoms with E-state index in [1.165, 1.54) is 24.6 Å². The lowest BCUT2D eigenvalue weighted by molar-refractivity contribution is -0.130. The van der Waals surface area contributed by atoms with Gasteiger partial charge in [-0.3, -0.25) is 4.79 Å². The topological polar surface area (TPSA) is 59.2 Å². The van der Waals surface area contributed by atoms with Crippen molar-refractivity contribution in [3.63, 3.8) is 0 Å². The predicted octanol–water partition coefficient (Wildman–Crippen LogP) is 4.27. The van der Waals surface area contributed by atoms with Gasteiger partial charge in [0.05, 0.1) is 10.6 Å². The van der Waals surface area contributed by atoms with E-state index < -0.39 is 0 Å². The van der Waals surface area contributed by atoms with E-state index in [0.717, 1.165) is 31.5 Å². The van der Waals surface area contributed by atoms with Crippen molar-refractivity contribution >= 4 is 29.3 Å². The summed E-state index contributed by atoms with van der Waals surface area (Å²) in [6.45, 7) is 1.78. The van der Waals surface area contributed by atoms with E-state index in [1.54, 1.807) is 6.07 Å². The predicted molar refractivity (Wildman–Crippen MR) is 95.1 cm³/mol. The molecule has 0 atom stereocenters. The van der Waals surface area contributed by atoms with Gasteiger partial charge >= 0.3 is 0 Å². The van der Waals surface area contributed by atoms with Gasteiger partial charge in [-0.05, 0) is 25.0 Å². The smallest absolute Gasteiger partial charge is 0.276 e. The molecule has 0 saturated carbocycles. The summed E-state index contributed by atoms with van der Waals surface area (Å²) in [6.07, 6.45) is 5.18. The first-order valence-electron chi connectivity index (χ1n) is 8.23. The summed E-state index contributed by atoms with van der Waals surface area (Å²) in [6, 6.07) is 7.35. The maximum Gasteiger partial charge on any atom is 0.276 e. The number of carbonyl (C=O) groups excluding carboxylic acids is 1. The molecule has 2 aromatic rings. The largest absolute Gasteiger partial charge is 0.411 e. The highest BCUT2D eigenvalue weighted by molar-refractivity contribution is 7.99. The van der Waals surface area contributed by atoms with E-state index in [-0.39, 0.29) is 5.91 Å². The van der Waals surface area contributed by atoms with E-state index >= 15 is 0 Å². The second-order valence-corrected chi connectivity index (χ2v) is 7.20. The molecule has 128 valence electrons. The van der Waals surface area contributed by atoms with Crippen molar-refractivity contribution in [3.05, 3.63) is 29.3 Å². The Morgan fingerprint density at radius 3 is 2.67 bits per heavy atom. The summed E-state index contributed by atoms with van der Waals surface area (Å²) < 4.78 is 5.63. The summed E-state index contributed by atoms with van der Waals surface area (Å²) in [4.78, 5) is 14.2. The fourth-order valence-corrected chi connectivity index (χ4v) is 3.62. The van der Waals surface area contributed by atoms with Gasteiger partial charge in [-0.25, -0.2) is 0 Å². The van der Waals surface area contributed by atoms with Crippen molar-refractivity contribution in [1.82, 2.24) is 15.1 Å². The Morgan fingerprint density at radius 2 is 1.92 bits per heavy atom. The minimum Gasteiger partial charge on any atom is -0.411 e. The van der Waals surface area contributed by atoms with Crippen molar-refractivity contribution in [1.29, 1.82) is 0 Å². The van der Waals surface area contributed by atoms with Crippen LogP contribution in [0.1, 0.15) is 32.1 Å². The average molecular weight is 366 g/mol. The van der Waals surface area contributed by atoms with Gasteiger partial charge in [0, 0.05) is 25.3 Å². The number of hydrogen-bond acceptors (Lipinski definition) is 5. The van der Waals surface area contributed by atoms with Crippen molar-refractivity contribution in [2.45, 2.75) is 37.3 Å². The van der Waals surface area contributed by atoms with Gasteiger partial charge in [0.25, 0.3) is 5.22 Å². The average Bonchev–Trinajstić information content (AvgIpc) is 2.88. The third kappa shape index (κ3) is 4.51.